The summed E-state index contributed by atoms with van der Waals surface area (Å²) in [6.45, 7) is 7.51. The molecule has 0 spiro atoms. The molecule has 10 heteroatoms. The summed E-state index contributed by atoms with van der Waals surface area (Å²) >= 11 is 0. The number of hydrogen-bond donors (Lipinski definition) is 3. The Morgan fingerprint density at radius 3 is 2.23 bits per heavy atom. The van der Waals surface area contributed by atoms with Gasteiger partial charge in [-0.25, -0.2) is 13.2 Å². The number of ether oxygens (including phenoxy) is 2. The summed E-state index contributed by atoms with van der Waals surface area (Å²) in [5.41, 5.74) is 6.57. The average Bonchev–Trinajstić information content (AvgIpc) is 2.59. The quantitative estimate of drug-likeness (QED) is 0.493. The second kappa shape index (κ2) is 13.1. The van der Waals surface area contributed by atoms with Crippen LogP contribution in [0.3, 0.4) is 0 Å². The summed E-state index contributed by atoms with van der Waals surface area (Å²) < 4.78 is 33.0. The molecular formula is C20H34N2O7S. The molecule has 0 radical (unpaired) electrons. The Balaban J connectivity index is 0.000000612. The van der Waals surface area contributed by atoms with Gasteiger partial charge in [0.15, 0.2) is 11.5 Å². The van der Waals surface area contributed by atoms with Gasteiger partial charge >= 0.3 is 5.97 Å². The third-order valence-corrected chi connectivity index (χ3v) is 4.75. The van der Waals surface area contributed by atoms with Crippen molar-refractivity contribution in [2.24, 2.45) is 11.7 Å². The van der Waals surface area contributed by atoms with Crippen LogP contribution in [0.1, 0.15) is 45.7 Å². The molecule has 1 unspecified atom stereocenters. The van der Waals surface area contributed by atoms with Crippen LogP contribution in [0.25, 0.3) is 0 Å². The molecule has 0 aromatic heterocycles. The van der Waals surface area contributed by atoms with E-state index in [0.717, 1.165) is 0 Å². The highest BCUT2D eigenvalue weighted by molar-refractivity contribution is 7.90. The summed E-state index contributed by atoms with van der Waals surface area (Å²) in [6, 6.07) is 3.88. The van der Waals surface area contributed by atoms with Crippen molar-refractivity contribution in [3.8, 4) is 11.5 Å². The molecule has 1 aromatic rings. The number of nitrogens with two attached hydrogens (primary N) is 1. The number of hydrogen-bond acceptors (Lipinski definition) is 7. The zero-order chi connectivity index (χ0) is 23.5. The molecule has 0 saturated carbocycles. The molecule has 9 nitrogen and oxygen atoms in total. The van der Waals surface area contributed by atoms with E-state index >= 15 is 0 Å². The van der Waals surface area contributed by atoms with E-state index in [9.17, 15) is 18.0 Å². The minimum atomic E-state index is -3.11. The van der Waals surface area contributed by atoms with Crippen molar-refractivity contribution in [1.29, 1.82) is 0 Å². The molecule has 0 aliphatic rings. The third kappa shape index (κ3) is 11.6. The van der Waals surface area contributed by atoms with Gasteiger partial charge in [-0.1, -0.05) is 19.9 Å². The largest absolute Gasteiger partial charge is 0.493 e. The molecule has 0 aliphatic carbocycles. The van der Waals surface area contributed by atoms with Gasteiger partial charge in [-0.05, 0) is 37.0 Å². The van der Waals surface area contributed by atoms with Gasteiger partial charge in [-0.3, -0.25) is 4.79 Å². The number of benzene rings is 1. The molecule has 1 amide bonds. The molecule has 0 fully saturated rings. The van der Waals surface area contributed by atoms with Gasteiger partial charge in [0.05, 0.1) is 19.5 Å². The summed E-state index contributed by atoms with van der Waals surface area (Å²) in [4.78, 5) is 21.1. The zero-order valence-corrected chi connectivity index (χ0v) is 19.3. The summed E-state index contributed by atoms with van der Waals surface area (Å²) in [5.74, 6) is 0.0683. The summed E-state index contributed by atoms with van der Waals surface area (Å²) in [6.07, 6.45) is 1.63. The van der Waals surface area contributed by atoms with Crippen molar-refractivity contribution in [3.63, 3.8) is 0 Å². The Morgan fingerprint density at radius 1 is 1.23 bits per heavy atom. The molecule has 172 valence electrons. The molecule has 2 atom stereocenters. The van der Waals surface area contributed by atoms with Crippen LogP contribution < -0.4 is 20.5 Å². The predicted octanol–water partition coefficient (Wildman–Crippen LogP) is 1.76. The fourth-order valence-electron chi connectivity index (χ4n) is 2.55. The maximum atomic E-state index is 11.2. The van der Waals surface area contributed by atoms with E-state index < -0.39 is 27.9 Å². The van der Waals surface area contributed by atoms with Crippen molar-refractivity contribution in [3.05, 3.63) is 23.8 Å². The first kappa shape index (κ1) is 27.7. The number of nitrogens with one attached hydrogen (secondary N) is 1. The Bertz CT molecular complexity index is 794. The second-order valence-corrected chi connectivity index (χ2v) is 9.45. The van der Waals surface area contributed by atoms with E-state index in [2.05, 4.69) is 5.32 Å². The third-order valence-electron chi connectivity index (χ3n) is 3.78. The monoisotopic (exact) mass is 446 g/mol. The SMILES string of the molecule is CC(=O)N[C@@H](CC(C)C)C(=O)O.CCOc1cc(C(N)CS(C)(=O)=O)ccc1OC. The maximum absolute atomic E-state index is 11.2. The van der Waals surface area contributed by atoms with Crippen molar-refractivity contribution in [1.82, 2.24) is 5.32 Å². The van der Waals surface area contributed by atoms with E-state index in [1.54, 1.807) is 25.3 Å². The number of carboxylic acids is 1. The van der Waals surface area contributed by atoms with Crippen LogP contribution in [0.15, 0.2) is 18.2 Å². The van der Waals surface area contributed by atoms with Crippen LogP contribution in [-0.2, 0) is 19.4 Å². The highest BCUT2D eigenvalue weighted by Gasteiger charge is 2.19. The number of methoxy groups -OCH3 is 1. The standard InChI is InChI=1S/C12H19NO4S.C8H15NO3/c1-4-17-12-7-9(5-6-11(12)16-2)10(13)8-18(3,14)15;1-5(2)4-7(8(11)12)9-6(3)10/h5-7,10H,4,8,13H2,1-3H3;5,7H,4H2,1-3H3,(H,9,10)(H,11,12)/t;7-/m.0/s1. The molecule has 30 heavy (non-hydrogen) atoms. The highest BCUT2D eigenvalue weighted by Crippen LogP contribution is 2.30. The molecule has 1 aromatic carbocycles. The Kier molecular flexibility index (Phi) is 12.1. The number of carbonyl (C=O) groups is 2. The number of carbonyl (C=O) groups excluding carboxylic acids is 1. The van der Waals surface area contributed by atoms with Gasteiger partial charge in [0.2, 0.25) is 5.91 Å². The number of sulfone groups is 1. The lowest BCUT2D eigenvalue weighted by Crippen LogP contribution is -2.40. The first-order chi connectivity index (χ1) is 13.8. The second-order valence-electron chi connectivity index (χ2n) is 7.26. The minimum absolute atomic E-state index is 0.0924. The van der Waals surface area contributed by atoms with E-state index in [4.69, 9.17) is 20.3 Å². The van der Waals surface area contributed by atoms with E-state index in [0.29, 0.717) is 30.1 Å². The molecule has 0 heterocycles. The van der Waals surface area contributed by atoms with Gasteiger partial charge in [-0.2, -0.15) is 0 Å². The summed E-state index contributed by atoms with van der Waals surface area (Å²) in [7, 11) is -1.56. The van der Waals surface area contributed by atoms with Crippen LogP contribution in [0.4, 0.5) is 0 Å². The first-order valence-corrected chi connectivity index (χ1v) is 11.6. The van der Waals surface area contributed by atoms with Crippen molar-refractivity contribution in [2.45, 2.75) is 46.2 Å². The lowest BCUT2D eigenvalue weighted by Gasteiger charge is -2.15. The van der Waals surface area contributed by atoms with E-state index in [-0.39, 0.29) is 17.6 Å². The maximum Gasteiger partial charge on any atom is 0.326 e. The fraction of sp³-hybridized carbons (Fsp3) is 0.600. The smallest absolute Gasteiger partial charge is 0.326 e. The lowest BCUT2D eigenvalue weighted by atomic mass is 10.0. The van der Waals surface area contributed by atoms with E-state index in [1.807, 2.05) is 20.8 Å². The zero-order valence-electron chi connectivity index (χ0n) is 18.5. The first-order valence-electron chi connectivity index (χ1n) is 9.54. The van der Waals surface area contributed by atoms with Crippen molar-refractivity contribution >= 4 is 21.7 Å². The van der Waals surface area contributed by atoms with Gasteiger partial charge in [0, 0.05) is 19.2 Å². The Morgan fingerprint density at radius 2 is 1.83 bits per heavy atom. The van der Waals surface area contributed by atoms with Gasteiger partial charge in [0.25, 0.3) is 0 Å². The number of rotatable bonds is 10. The topological polar surface area (TPSA) is 145 Å². The number of amides is 1. The van der Waals surface area contributed by atoms with E-state index in [1.165, 1.54) is 13.2 Å². The molecular weight excluding hydrogens is 412 g/mol. The van der Waals surface area contributed by atoms with Crippen LogP contribution >= 0.6 is 0 Å². The number of aliphatic carboxylic acids is 1. The Labute approximate surface area is 178 Å². The highest BCUT2D eigenvalue weighted by atomic mass is 32.2. The van der Waals surface area contributed by atoms with Crippen molar-refractivity contribution in [2.75, 3.05) is 25.7 Å². The molecule has 0 saturated heterocycles. The number of carboxylic acid groups (broad SMARTS) is 1. The van der Waals surface area contributed by atoms with Gasteiger partial charge in [0.1, 0.15) is 15.9 Å². The Hall–Kier alpha value is -2.33. The van der Waals surface area contributed by atoms with Crippen LogP contribution in [0.5, 0.6) is 11.5 Å². The average molecular weight is 447 g/mol. The van der Waals surface area contributed by atoms with Crippen LogP contribution in [-0.4, -0.2) is 57.2 Å². The molecule has 0 aliphatic heterocycles. The molecule has 0 bridgehead atoms. The minimum Gasteiger partial charge on any atom is -0.493 e. The predicted molar refractivity (Wildman–Crippen MR) is 115 cm³/mol. The summed E-state index contributed by atoms with van der Waals surface area (Å²) in [5, 5.41) is 11.0. The lowest BCUT2D eigenvalue weighted by molar-refractivity contribution is -0.142. The van der Waals surface area contributed by atoms with Crippen molar-refractivity contribution < 1.29 is 32.6 Å². The normalized spacial score (nSPS) is 12.9. The molecule has 1 rings (SSSR count). The van der Waals surface area contributed by atoms with Gasteiger partial charge < -0.3 is 25.6 Å². The van der Waals surface area contributed by atoms with Crippen LogP contribution in [0.2, 0.25) is 0 Å². The molecule has 4 N–H and O–H groups in total. The fourth-order valence-corrected chi connectivity index (χ4v) is 3.40. The van der Waals surface area contributed by atoms with Crippen LogP contribution in [0, 0.1) is 5.92 Å². The van der Waals surface area contributed by atoms with Gasteiger partial charge in [-0.15, -0.1) is 0 Å².